The van der Waals surface area contributed by atoms with Gasteiger partial charge < -0.3 is 10.5 Å². The summed E-state index contributed by atoms with van der Waals surface area (Å²) in [6.45, 7) is 4.26. The molecule has 0 amide bonds. The average Bonchev–Trinajstić information content (AvgIpc) is 2.26. The molecule has 3 N–H and O–H groups in total. The number of hydrogen-bond acceptors (Lipinski definition) is 2. The number of amidine groups is 1. The van der Waals surface area contributed by atoms with Crippen LogP contribution < -0.4 is 10.5 Å². The monoisotopic (exact) mass is 238 g/mol. The molecule has 0 fully saturated rings. The van der Waals surface area contributed by atoms with Crippen LogP contribution in [0.4, 0.5) is 4.39 Å². The van der Waals surface area contributed by atoms with E-state index in [-0.39, 0.29) is 22.8 Å². The van der Waals surface area contributed by atoms with Gasteiger partial charge in [-0.3, -0.25) is 5.41 Å². The largest absolute Gasteiger partial charge is 0.491 e. The first-order chi connectivity index (χ1) is 7.93. The highest BCUT2D eigenvalue weighted by Gasteiger charge is 2.20. The van der Waals surface area contributed by atoms with Gasteiger partial charge in [-0.25, -0.2) is 4.39 Å². The molecule has 0 bridgehead atoms. The Labute approximate surface area is 101 Å². The molecule has 4 heteroatoms. The molecule has 1 aromatic carbocycles. The van der Waals surface area contributed by atoms with E-state index in [1.165, 1.54) is 6.07 Å². The molecule has 0 aromatic heterocycles. The molecule has 1 aromatic rings. The second-order valence-corrected chi connectivity index (χ2v) is 4.68. The zero-order valence-corrected chi connectivity index (χ0v) is 10.3. The third-order valence-electron chi connectivity index (χ3n) is 2.77. The molecular weight excluding hydrogens is 219 g/mol. The summed E-state index contributed by atoms with van der Waals surface area (Å²) in [7, 11) is 0. The highest BCUT2D eigenvalue weighted by atomic mass is 19.1. The third-order valence-corrected chi connectivity index (χ3v) is 2.77. The molecule has 0 saturated heterocycles. The highest BCUT2D eigenvalue weighted by molar-refractivity contribution is 5.82. The van der Waals surface area contributed by atoms with Crippen LogP contribution in [0.15, 0.2) is 24.3 Å². The smallest absolute Gasteiger partial charge is 0.165 e. The van der Waals surface area contributed by atoms with Crippen molar-refractivity contribution in [1.29, 1.82) is 5.41 Å². The van der Waals surface area contributed by atoms with E-state index in [1.54, 1.807) is 18.2 Å². The van der Waals surface area contributed by atoms with Gasteiger partial charge in [0.1, 0.15) is 0 Å². The van der Waals surface area contributed by atoms with E-state index < -0.39 is 0 Å². The Bertz CT molecular complexity index is 391. The lowest BCUT2D eigenvalue weighted by Gasteiger charge is -2.22. The number of para-hydroxylation sites is 1. The Morgan fingerprint density at radius 2 is 2.06 bits per heavy atom. The normalized spacial score (nSPS) is 11.2. The first kappa shape index (κ1) is 13.5. The molecule has 0 aliphatic carbocycles. The zero-order chi connectivity index (χ0) is 12.9. The number of rotatable bonds is 6. The topological polar surface area (TPSA) is 59.1 Å². The number of hydrogen-bond donors (Lipinski definition) is 2. The van der Waals surface area contributed by atoms with E-state index >= 15 is 0 Å². The maximum absolute atomic E-state index is 13.2. The Morgan fingerprint density at radius 1 is 1.41 bits per heavy atom. The van der Waals surface area contributed by atoms with Crippen molar-refractivity contribution >= 4 is 5.84 Å². The van der Waals surface area contributed by atoms with Crippen LogP contribution >= 0.6 is 0 Å². The maximum Gasteiger partial charge on any atom is 0.165 e. The number of ether oxygens (including phenoxy) is 1. The average molecular weight is 238 g/mol. The third kappa shape index (κ3) is 4.06. The van der Waals surface area contributed by atoms with Gasteiger partial charge in [-0.1, -0.05) is 26.0 Å². The standard InChI is InChI=1S/C13H19FN2O/c1-13(2,12(15)16)8-5-9-17-11-7-4-3-6-10(11)14/h3-4,6-7H,5,8-9H2,1-2H3,(H3,15,16). The number of halogens is 1. The summed E-state index contributed by atoms with van der Waals surface area (Å²) in [5.41, 5.74) is 5.15. The van der Waals surface area contributed by atoms with Crippen molar-refractivity contribution in [3.8, 4) is 5.75 Å². The van der Waals surface area contributed by atoms with Gasteiger partial charge in [-0.2, -0.15) is 0 Å². The Kier molecular flexibility index (Phi) is 4.49. The van der Waals surface area contributed by atoms with Crippen molar-refractivity contribution < 1.29 is 9.13 Å². The summed E-state index contributed by atoms with van der Waals surface area (Å²) in [6.07, 6.45) is 1.48. The maximum atomic E-state index is 13.2. The van der Waals surface area contributed by atoms with Crippen LogP contribution in [0.25, 0.3) is 0 Å². The van der Waals surface area contributed by atoms with Crippen LogP contribution in [0.2, 0.25) is 0 Å². The Morgan fingerprint density at radius 3 is 2.65 bits per heavy atom. The second kappa shape index (κ2) is 5.66. The summed E-state index contributed by atoms with van der Waals surface area (Å²) in [4.78, 5) is 0. The number of nitrogens with two attached hydrogens (primary N) is 1. The van der Waals surface area contributed by atoms with Crippen LogP contribution in [-0.2, 0) is 0 Å². The van der Waals surface area contributed by atoms with Gasteiger partial charge >= 0.3 is 0 Å². The summed E-state index contributed by atoms with van der Waals surface area (Å²) in [5, 5.41) is 7.41. The van der Waals surface area contributed by atoms with Gasteiger partial charge in [0.05, 0.1) is 12.4 Å². The van der Waals surface area contributed by atoms with Crippen molar-refractivity contribution in [1.82, 2.24) is 0 Å². The molecule has 0 aliphatic rings. The molecule has 94 valence electrons. The molecule has 0 spiro atoms. The molecule has 0 atom stereocenters. The van der Waals surface area contributed by atoms with E-state index in [9.17, 15) is 4.39 Å². The van der Waals surface area contributed by atoms with Crippen LogP contribution in [0.1, 0.15) is 26.7 Å². The van der Waals surface area contributed by atoms with E-state index in [0.717, 1.165) is 12.8 Å². The van der Waals surface area contributed by atoms with Gasteiger partial charge in [0.2, 0.25) is 0 Å². The predicted molar refractivity (Wildman–Crippen MR) is 66.8 cm³/mol. The lowest BCUT2D eigenvalue weighted by molar-refractivity contribution is 0.275. The van der Waals surface area contributed by atoms with Crippen molar-refractivity contribution in [3.63, 3.8) is 0 Å². The molecule has 1 rings (SSSR count). The van der Waals surface area contributed by atoms with Gasteiger partial charge in [-0.15, -0.1) is 0 Å². The molecule has 3 nitrogen and oxygen atoms in total. The molecule has 0 heterocycles. The minimum atomic E-state index is -0.349. The van der Waals surface area contributed by atoms with Crippen molar-refractivity contribution in [2.24, 2.45) is 11.1 Å². The van der Waals surface area contributed by atoms with Gasteiger partial charge in [0, 0.05) is 5.41 Å². The van der Waals surface area contributed by atoms with E-state index in [0.29, 0.717) is 6.61 Å². The SMILES string of the molecule is CC(C)(CCCOc1ccccc1F)C(=N)N. The van der Waals surface area contributed by atoms with Crippen LogP contribution in [0, 0.1) is 16.6 Å². The zero-order valence-electron chi connectivity index (χ0n) is 10.3. The van der Waals surface area contributed by atoms with Gasteiger partial charge in [-0.05, 0) is 25.0 Å². The van der Waals surface area contributed by atoms with Crippen LogP contribution in [0.3, 0.4) is 0 Å². The molecule has 0 unspecified atom stereocenters. The fourth-order valence-corrected chi connectivity index (χ4v) is 1.39. The fourth-order valence-electron chi connectivity index (χ4n) is 1.39. The summed E-state index contributed by atoms with van der Waals surface area (Å²) in [5.74, 6) is 0.0925. The van der Waals surface area contributed by atoms with Crippen molar-refractivity contribution in [3.05, 3.63) is 30.1 Å². The molecule has 0 aliphatic heterocycles. The second-order valence-electron chi connectivity index (χ2n) is 4.68. The first-order valence-electron chi connectivity index (χ1n) is 5.65. The quantitative estimate of drug-likeness (QED) is 0.455. The van der Waals surface area contributed by atoms with Crippen LogP contribution in [0.5, 0.6) is 5.75 Å². The molecule has 0 radical (unpaired) electrons. The Hall–Kier alpha value is -1.58. The molecule has 17 heavy (non-hydrogen) atoms. The van der Waals surface area contributed by atoms with Crippen molar-refractivity contribution in [2.75, 3.05) is 6.61 Å². The minimum absolute atomic E-state index is 0.170. The number of nitrogens with one attached hydrogen (secondary N) is 1. The van der Waals surface area contributed by atoms with E-state index in [4.69, 9.17) is 15.9 Å². The summed E-state index contributed by atoms with van der Waals surface area (Å²) < 4.78 is 18.5. The van der Waals surface area contributed by atoms with E-state index in [1.807, 2.05) is 13.8 Å². The minimum Gasteiger partial charge on any atom is -0.491 e. The lowest BCUT2D eigenvalue weighted by Crippen LogP contribution is -2.31. The van der Waals surface area contributed by atoms with Gasteiger partial charge in [0.25, 0.3) is 0 Å². The molecular formula is C13H19FN2O. The lowest BCUT2D eigenvalue weighted by atomic mass is 9.87. The van der Waals surface area contributed by atoms with E-state index in [2.05, 4.69) is 0 Å². The Balaban J connectivity index is 2.35. The summed E-state index contributed by atoms with van der Waals surface area (Å²) >= 11 is 0. The van der Waals surface area contributed by atoms with Crippen molar-refractivity contribution in [2.45, 2.75) is 26.7 Å². The fraction of sp³-hybridized carbons (Fsp3) is 0.462. The number of benzene rings is 1. The van der Waals surface area contributed by atoms with Gasteiger partial charge in [0.15, 0.2) is 11.6 Å². The molecule has 0 saturated carbocycles. The van der Waals surface area contributed by atoms with Crippen LogP contribution in [-0.4, -0.2) is 12.4 Å². The first-order valence-corrected chi connectivity index (χ1v) is 5.65. The predicted octanol–water partition coefficient (Wildman–Crippen LogP) is 2.95. The summed E-state index contributed by atoms with van der Waals surface area (Å²) in [6, 6.07) is 6.33. The highest BCUT2D eigenvalue weighted by Crippen LogP contribution is 2.22.